The van der Waals surface area contributed by atoms with Crippen LogP contribution in [0.25, 0.3) is 10.8 Å². The number of rotatable bonds is 2. The van der Waals surface area contributed by atoms with Crippen molar-refractivity contribution < 1.29 is 5.11 Å². The molecule has 1 heteroatoms. The molecule has 0 saturated heterocycles. The molecule has 1 aliphatic rings. The van der Waals surface area contributed by atoms with Crippen LogP contribution in [0.4, 0.5) is 0 Å². The predicted molar refractivity (Wildman–Crippen MR) is 71.7 cm³/mol. The van der Waals surface area contributed by atoms with Crippen LogP contribution < -0.4 is 0 Å². The molecular formula is C16H18O. The minimum atomic E-state index is 0.383. The molecule has 0 radical (unpaired) electrons. The van der Waals surface area contributed by atoms with Crippen molar-refractivity contribution in [2.24, 2.45) is 0 Å². The van der Waals surface area contributed by atoms with Gasteiger partial charge in [-0.1, -0.05) is 32.0 Å². The van der Waals surface area contributed by atoms with Crippen LogP contribution in [0, 0.1) is 0 Å². The van der Waals surface area contributed by atoms with Gasteiger partial charge in [0, 0.05) is 0 Å². The zero-order valence-electron chi connectivity index (χ0n) is 10.4. The van der Waals surface area contributed by atoms with Crippen LogP contribution in [0.1, 0.15) is 49.7 Å². The van der Waals surface area contributed by atoms with Crippen molar-refractivity contribution >= 4 is 10.8 Å². The molecule has 0 amide bonds. The Morgan fingerprint density at radius 1 is 1.18 bits per heavy atom. The maximum atomic E-state index is 9.81. The smallest absolute Gasteiger partial charge is 0.116 e. The van der Waals surface area contributed by atoms with Gasteiger partial charge in [0.15, 0.2) is 0 Å². The lowest BCUT2D eigenvalue weighted by atomic mass is 9.91. The van der Waals surface area contributed by atoms with E-state index in [0.717, 1.165) is 5.92 Å². The zero-order valence-corrected chi connectivity index (χ0v) is 10.4. The molecule has 17 heavy (non-hydrogen) atoms. The molecule has 0 heterocycles. The predicted octanol–water partition coefficient (Wildman–Crippen LogP) is 4.55. The number of hydrogen-bond acceptors (Lipinski definition) is 1. The van der Waals surface area contributed by atoms with Crippen LogP contribution in [0.15, 0.2) is 30.3 Å². The van der Waals surface area contributed by atoms with E-state index in [1.54, 1.807) is 0 Å². The fourth-order valence-electron chi connectivity index (χ4n) is 2.66. The standard InChI is InChI=1S/C16H18O/c1-10(2)15-9-13(17)8-12-4-3-5-14(16(12)15)11-6-7-11/h3-5,8-11,17H,6-7H2,1-2H3. The van der Waals surface area contributed by atoms with Crippen molar-refractivity contribution in [2.75, 3.05) is 0 Å². The summed E-state index contributed by atoms with van der Waals surface area (Å²) in [5.74, 6) is 1.58. The molecule has 2 aromatic carbocycles. The minimum absolute atomic E-state index is 0.383. The van der Waals surface area contributed by atoms with Gasteiger partial charge in [-0.05, 0) is 58.7 Å². The van der Waals surface area contributed by atoms with Crippen molar-refractivity contribution in [3.05, 3.63) is 41.5 Å². The summed E-state index contributed by atoms with van der Waals surface area (Å²) in [6, 6.07) is 10.3. The first-order valence-corrected chi connectivity index (χ1v) is 6.42. The molecule has 0 spiro atoms. The molecule has 2 aromatic rings. The van der Waals surface area contributed by atoms with Gasteiger partial charge in [0.05, 0.1) is 0 Å². The topological polar surface area (TPSA) is 20.2 Å². The molecule has 1 fully saturated rings. The maximum Gasteiger partial charge on any atom is 0.116 e. The second-order valence-corrected chi connectivity index (χ2v) is 5.41. The first-order valence-electron chi connectivity index (χ1n) is 6.42. The van der Waals surface area contributed by atoms with Crippen LogP contribution in [-0.4, -0.2) is 5.11 Å². The minimum Gasteiger partial charge on any atom is -0.508 e. The number of phenols is 1. The summed E-state index contributed by atoms with van der Waals surface area (Å²) < 4.78 is 0. The summed E-state index contributed by atoms with van der Waals surface area (Å²) in [5, 5.41) is 12.4. The van der Waals surface area contributed by atoms with E-state index in [-0.39, 0.29) is 0 Å². The lowest BCUT2D eigenvalue weighted by Gasteiger charge is -2.14. The summed E-state index contributed by atoms with van der Waals surface area (Å²) in [6.45, 7) is 4.38. The average Bonchev–Trinajstić information content (AvgIpc) is 3.10. The number of hydrogen-bond donors (Lipinski definition) is 1. The van der Waals surface area contributed by atoms with Gasteiger partial charge in [-0.3, -0.25) is 0 Å². The van der Waals surface area contributed by atoms with E-state index in [1.165, 1.54) is 34.7 Å². The molecule has 88 valence electrons. The Morgan fingerprint density at radius 2 is 1.94 bits per heavy atom. The molecule has 0 atom stereocenters. The molecule has 0 aromatic heterocycles. The molecule has 1 N–H and O–H groups in total. The number of aromatic hydroxyl groups is 1. The lowest BCUT2D eigenvalue weighted by molar-refractivity contribution is 0.475. The third-order valence-electron chi connectivity index (χ3n) is 3.66. The van der Waals surface area contributed by atoms with E-state index >= 15 is 0 Å². The van der Waals surface area contributed by atoms with Crippen LogP contribution >= 0.6 is 0 Å². The first kappa shape index (κ1) is 10.6. The fraction of sp³-hybridized carbons (Fsp3) is 0.375. The highest BCUT2D eigenvalue weighted by Crippen LogP contribution is 2.45. The maximum absolute atomic E-state index is 9.81. The van der Waals surface area contributed by atoms with E-state index < -0.39 is 0 Å². The van der Waals surface area contributed by atoms with Crippen molar-refractivity contribution in [1.82, 2.24) is 0 Å². The van der Waals surface area contributed by atoms with E-state index in [1.807, 2.05) is 12.1 Å². The highest BCUT2D eigenvalue weighted by atomic mass is 16.3. The van der Waals surface area contributed by atoms with Crippen LogP contribution in [-0.2, 0) is 0 Å². The normalized spacial score (nSPS) is 15.7. The first-order chi connectivity index (χ1) is 8.16. The van der Waals surface area contributed by atoms with Gasteiger partial charge in [0.2, 0.25) is 0 Å². The Labute approximate surface area is 102 Å². The lowest BCUT2D eigenvalue weighted by Crippen LogP contribution is -1.93. The Bertz CT molecular complexity index is 565. The SMILES string of the molecule is CC(C)c1cc(O)cc2cccc(C3CC3)c12. The monoisotopic (exact) mass is 226 g/mol. The van der Waals surface area contributed by atoms with Crippen LogP contribution in [0.2, 0.25) is 0 Å². The van der Waals surface area contributed by atoms with Gasteiger partial charge >= 0.3 is 0 Å². The summed E-state index contributed by atoms with van der Waals surface area (Å²) in [7, 11) is 0. The average molecular weight is 226 g/mol. The van der Waals surface area contributed by atoms with Gasteiger partial charge in [-0.15, -0.1) is 0 Å². The third-order valence-corrected chi connectivity index (χ3v) is 3.66. The van der Waals surface area contributed by atoms with Gasteiger partial charge in [-0.2, -0.15) is 0 Å². The summed E-state index contributed by atoms with van der Waals surface area (Å²) in [6.07, 6.45) is 2.63. The Morgan fingerprint density at radius 3 is 2.59 bits per heavy atom. The van der Waals surface area contributed by atoms with Crippen molar-refractivity contribution in [3.63, 3.8) is 0 Å². The summed E-state index contributed by atoms with van der Waals surface area (Å²) in [4.78, 5) is 0. The number of phenolic OH excluding ortho intramolecular Hbond substituents is 1. The molecule has 1 aliphatic carbocycles. The van der Waals surface area contributed by atoms with E-state index in [9.17, 15) is 5.11 Å². The number of fused-ring (bicyclic) bond motifs is 1. The van der Waals surface area contributed by atoms with Crippen molar-refractivity contribution in [1.29, 1.82) is 0 Å². The van der Waals surface area contributed by atoms with Crippen LogP contribution in [0.3, 0.4) is 0 Å². The molecule has 1 saturated carbocycles. The zero-order chi connectivity index (χ0) is 12.0. The Kier molecular flexibility index (Phi) is 2.36. The number of benzene rings is 2. The van der Waals surface area contributed by atoms with E-state index in [4.69, 9.17) is 0 Å². The highest BCUT2D eigenvalue weighted by Gasteiger charge is 2.26. The Balaban J connectivity index is 2.35. The Hall–Kier alpha value is -1.50. The van der Waals surface area contributed by atoms with Crippen molar-refractivity contribution in [2.45, 2.75) is 38.5 Å². The van der Waals surface area contributed by atoms with Gasteiger partial charge < -0.3 is 5.11 Å². The second kappa shape index (κ2) is 3.76. The molecular weight excluding hydrogens is 208 g/mol. The van der Waals surface area contributed by atoms with Gasteiger partial charge in [0.25, 0.3) is 0 Å². The van der Waals surface area contributed by atoms with E-state index in [0.29, 0.717) is 11.7 Å². The molecule has 0 aliphatic heterocycles. The van der Waals surface area contributed by atoms with Gasteiger partial charge in [-0.25, -0.2) is 0 Å². The largest absolute Gasteiger partial charge is 0.508 e. The van der Waals surface area contributed by atoms with Crippen molar-refractivity contribution in [3.8, 4) is 5.75 Å². The van der Waals surface area contributed by atoms with E-state index in [2.05, 4.69) is 32.0 Å². The molecule has 1 nitrogen and oxygen atoms in total. The summed E-state index contributed by atoms with van der Waals surface area (Å²) in [5.41, 5.74) is 2.76. The van der Waals surface area contributed by atoms with Crippen LogP contribution in [0.5, 0.6) is 5.75 Å². The molecule has 0 bridgehead atoms. The fourth-order valence-corrected chi connectivity index (χ4v) is 2.66. The second-order valence-electron chi connectivity index (χ2n) is 5.41. The molecule has 0 unspecified atom stereocenters. The quantitative estimate of drug-likeness (QED) is 0.796. The summed E-state index contributed by atoms with van der Waals surface area (Å²) >= 11 is 0. The highest BCUT2D eigenvalue weighted by molar-refractivity contribution is 5.91. The third kappa shape index (κ3) is 1.80. The molecule has 3 rings (SSSR count). The van der Waals surface area contributed by atoms with Gasteiger partial charge in [0.1, 0.15) is 5.75 Å².